The molecule has 1 atom stereocenters. The third kappa shape index (κ3) is 5.05. The Morgan fingerprint density at radius 1 is 1.06 bits per heavy atom. The Kier molecular flexibility index (Phi) is 7.04. The van der Waals surface area contributed by atoms with Crippen molar-refractivity contribution < 1.29 is 0 Å². The first-order chi connectivity index (χ1) is 17.2. The van der Waals surface area contributed by atoms with Crippen LogP contribution >= 0.6 is 0 Å². The van der Waals surface area contributed by atoms with Crippen LogP contribution in [0.25, 0.3) is 10.9 Å². The van der Waals surface area contributed by atoms with Gasteiger partial charge in [0.25, 0.3) is 5.56 Å². The highest BCUT2D eigenvalue weighted by molar-refractivity contribution is 5.79. The normalized spacial score (nSPS) is 15.3. The number of aromatic nitrogens is 5. The van der Waals surface area contributed by atoms with Crippen molar-refractivity contribution in [3.63, 3.8) is 0 Å². The van der Waals surface area contributed by atoms with Crippen molar-refractivity contribution in [1.29, 1.82) is 0 Å². The summed E-state index contributed by atoms with van der Waals surface area (Å²) in [5, 5.41) is 14.0. The largest absolute Gasteiger partial charge is 0.322 e. The fourth-order valence-corrected chi connectivity index (χ4v) is 5.45. The van der Waals surface area contributed by atoms with Crippen molar-refractivity contribution in [2.45, 2.75) is 77.5 Å². The van der Waals surface area contributed by atoms with Crippen LogP contribution in [0.15, 0.2) is 59.4 Å². The minimum atomic E-state index is -0.0107. The van der Waals surface area contributed by atoms with Gasteiger partial charge in [-0.15, -0.1) is 5.10 Å². The first-order valence-corrected chi connectivity index (χ1v) is 12.9. The lowest BCUT2D eigenvalue weighted by molar-refractivity contribution is 0.112. The molecule has 1 fully saturated rings. The molecule has 0 amide bonds. The Labute approximate surface area is 206 Å². The smallest absolute Gasteiger partial charge is 0.252 e. The highest BCUT2D eigenvalue weighted by Crippen LogP contribution is 2.33. The average Bonchev–Trinajstić information content (AvgIpc) is 3.57. The van der Waals surface area contributed by atoms with Crippen molar-refractivity contribution in [2.75, 3.05) is 0 Å². The van der Waals surface area contributed by atoms with Crippen molar-refractivity contribution in [3.8, 4) is 0 Å². The van der Waals surface area contributed by atoms with Crippen LogP contribution in [0.4, 0.5) is 0 Å². The predicted molar refractivity (Wildman–Crippen MR) is 138 cm³/mol. The fraction of sp³-hybridized carbons (Fsp3) is 0.429. The van der Waals surface area contributed by atoms with E-state index in [0.29, 0.717) is 19.1 Å². The Balaban J connectivity index is 1.50. The van der Waals surface area contributed by atoms with Crippen LogP contribution in [0, 0.1) is 0 Å². The first-order valence-electron chi connectivity index (χ1n) is 12.9. The summed E-state index contributed by atoms with van der Waals surface area (Å²) >= 11 is 0. The number of hydrogen-bond donors (Lipinski definition) is 1. The molecule has 1 aliphatic carbocycles. The van der Waals surface area contributed by atoms with Gasteiger partial charge in [-0.1, -0.05) is 63.1 Å². The van der Waals surface area contributed by atoms with E-state index in [4.69, 9.17) is 0 Å². The minimum Gasteiger partial charge on any atom is -0.322 e. The molecular formula is C28H34N6O. The van der Waals surface area contributed by atoms with Crippen molar-refractivity contribution in [3.05, 3.63) is 87.5 Å². The Morgan fingerprint density at radius 3 is 2.60 bits per heavy atom. The van der Waals surface area contributed by atoms with Gasteiger partial charge < -0.3 is 4.98 Å². The van der Waals surface area contributed by atoms with Crippen LogP contribution in [0.3, 0.4) is 0 Å². The lowest BCUT2D eigenvalue weighted by Crippen LogP contribution is -2.39. The summed E-state index contributed by atoms with van der Waals surface area (Å²) in [5.74, 6) is 0.869. The van der Waals surface area contributed by atoms with Crippen LogP contribution < -0.4 is 5.56 Å². The van der Waals surface area contributed by atoms with E-state index in [1.54, 1.807) is 0 Å². The number of hydrogen-bond acceptors (Lipinski definition) is 5. The number of H-pyrrole nitrogens is 1. The van der Waals surface area contributed by atoms with E-state index in [-0.39, 0.29) is 11.6 Å². The highest BCUT2D eigenvalue weighted by atomic mass is 16.1. The molecule has 35 heavy (non-hydrogen) atoms. The molecule has 0 radical (unpaired) electrons. The van der Waals surface area contributed by atoms with Gasteiger partial charge in [0.15, 0.2) is 5.82 Å². The van der Waals surface area contributed by atoms with Crippen molar-refractivity contribution in [2.24, 2.45) is 0 Å². The van der Waals surface area contributed by atoms with E-state index >= 15 is 0 Å². The molecule has 2 heterocycles. The SMILES string of the molecule is CCc1ccc2[nH]c(=O)c(CN(C3CCCC3)[C@H](CC)c3nnnn3Cc3ccccc3)cc2c1. The summed E-state index contributed by atoms with van der Waals surface area (Å²) in [7, 11) is 0. The lowest BCUT2D eigenvalue weighted by atomic mass is 10.0. The van der Waals surface area contributed by atoms with E-state index in [1.165, 1.54) is 24.0 Å². The molecule has 4 aromatic rings. The van der Waals surface area contributed by atoms with E-state index in [0.717, 1.165) is 48.0 Å². The average molecular weight is 471 g/mol. The van der Waals surface area contributed by atoms with Gasteiger partial charge in [0.1, 0.15) is 0 Å². The van der Waals surface area contributed by atoms with E-state index in [2.05, 4.69) is 69.6 Å². The molecule has 5 rings (SSSR count). The molecule has 0 aliphatic heterocycles. The molecule has 0 bridgehead atoms. The third-order valence-corrected chi connectivity index (χ3v) is 7.36. The maximum absolute atomic E-state index is 13.1. The Bertz CT molecular complexity index is 1320. The highest BCUT2D eigenvalue weighted by Gasteiger charge is 2.32. The molecule has 0 saturated heterocycles. The summed E-state index contributed by atoms with van der Waals surface area (Å²) in [6, 6.07) is 19.1. The predicted octanol–water partition coefficient (Wildman–Crippen LogP) is 5.02. The molecule has 182 valence electrons. The van der Waals surface area contributed by atoms with Gasteiger partial charge in [-0.25, -0.2) is 4.68 Å². The topological polar surface area (TPSA) is 79.7 Å². The molecule has 2 aromatic heterocycles. The van der Waals surface area contributed by atoms with Gasteiger partial charge in [-0.05, 0) is 70.8 Å². The molecule has 0 unspecified atom stereocenters. The zero-order valence-corrected chi connectivity index (χ0v) is 20.7. The zero-order chi connectivity index (χ0) is 24.2. The van der Waals surface area contributed by atoms with E-state index in [1.807, 2.05) is 28.9 Å². The summed E-state index contributed by atoms with van der Waals surface area (Å²) in [6.45, 7) is 5.56. The maximum Gasteiger partial charge on any atom is 0.252 e. The van der Waals surface area contributed by atoms with Gasteiger partial charge >= 0.3 is 0 Å². The summed E-state index contributed by atoms with van der Waals surface area (Å²) in [5.41, 5.74) is 4.12. The molecule has 1 saturated carbocycles. The van der Waals surface area contributed by atoms with E-state index in [9.17, 15) is 4.79 Å². The molecule has 7 nitrogen and oxygen atoms in total. The van der Waals surface area contributed by atoms with Gasteiger partial charge in [-0.2, -0.15) is 0 Å². The lowest BCUT2D eigenvalue weighted by Gasteiger charge is -2.35. The minimum absolute atomic E-state index is 0.0107. The molecule has 2 aromatic carbocycles. The van der Waals surface area contributed by atoms with Gasteiger partial charge in [0.2, 0.25) is 0 Å². The second-order valence-corrected chi connectivity index (χ2v) is 9.61. The van der Waals surface area contributed by atoms with Crippen LogP contribution in [0.5, 0.6) is 0 Å². The van der Waals surface area contributed by atoms with Gasteiger partial charge in [0, 0.05) is 23.7 Å². The summed E-state index contributed by atoms with van der Waals surface area (Å²) in [6.07, 6.45) is 6.57. The monoisotopic (exact) mass is 470 g/mol. The van der Waals surface area contributed by atoms with Crippen LogP contribution in [-0.4, -0.2) is 36.1 Å². The number of aromatic amines is 1. The number of nitrogens with one attached hydrogen (secondary N) is 1. The number of pyridine rings is 1. The van der Waals surface area contributed by atoms with E-state index < -0.39 is 0 Å². The number of rotatable bonds is 9. The molecule has 1 aliphatic rings. The second-order valence-electron chi connectivity index (χ2n) is 9.61. The zero-order valence-electron chi connectivity index (χ0n) is 20.7. The molecule has 1 N–H and O–H groups in total. The molecular weight excluding hydrogens is 436 g/mol. The maximum atomic E-state index is 13.1. The first kappa shape index (κ1) is 23.4. The number of fused-ring (bicyclic) bond motifs is 1. The summed E-state index contributed by atoms with van der Waals surface area (Å²) < 4.78 is 1.92. The van der Waals surface area contributed by atoms with Gasteiger partial charge in [0.05, 0.1) is 12.6 Å². The summed E-state index contributed by atoms with van der Waals surface area (Å²) in [4.78, 5) is 18.7. The number of benzene rings is 2. The van der Waals surface area contributed by atoms with Crippen molar-refractivity contribution in [1.82, 2.24) is 30.1 Å². The number of tetrazole rings is 1. The molecule has 7 heteroatoms. The third-order valence-electron chi connectivity index (χ3n) is 7.36. The van der Waals surface area contributed by atoms with Crippen LogP contribution in [0.1, 0.15) is 74.5 Å². The fourth-order valence-electron chi connectivity index (χ4n) is 5.45. The van der Waals surface area contributed by atoms with Gasteiger partial charge in [-0.3, -0.25) is 9.69 Å². The van der Waals surface area contributed by atoms with Crippen LogP contribution in [-0.2, 0) is 19.5 Å². The van der Waals surface area contributed by atoms with Crippen LogP contribution in [0.2, 0.25) is 0 Å². The standard InChI is InChI=1S/C28H34N6O/c1-3-20-14-15-25-22(16-20)17-23(28(35)29-25)19-33(24-12-8-9-13-24)26(4-2)27-30-31-32-34(27)18-21-10-6-5-7-11-21/h5-7,10-11,14-17,24,26H,3-4,8-9,12-13,18-19H2,1-2H3,(H,29,35)/t26-/m1/s1. The molecule has 0 spiro atoms. The number of aryl methyl sites for hydroxylation is 1. The quantitative estimate of drug-likeness (QED) is 0.371. The second kappa shape index (κ2) is 10.5. The van der Waals surface area contributed by atoms with Crippen molar-refractivity contribution >= 4 is 10.9 Å². The Hall–Kier alpha value is -3.32. The Morgan fingerprint density at radius 2 is 1.86 bits per heavy atom. The number of nitrogens with zero attached hydrogens (tertiary/aromatic N) is 5.